The van der Waals surface area contributed by atoms with Gasteiger partial charge in [0.2, 0.25) is 0 Å². The molecule has 0 spiro atoms. The number of piperidine rings is 1. The first kappa shape index (κ1) is 14.5. The second-order valence-electron chi connectivity index (χ2n) is 5.79. The molecule has 1 aliphatic heterocycles. The minimum absolute atomic E-state index is 0.627. The predicted octanol–water partition coefficient (Wildman–Crippen LogP) is 3.25. The summed E-state index contributed by atoms with van der Waals surface area (Å²) in [4.78, 5) is 2.72. The Hall–Kier alpha value is -0.860. The Kier molecular flexibility index (Phi) is 5.87. The molecule has 1 aromatic carbocycles. The largest absolute Gasteiger partial charge is 0.317 e. The van der Waals surface area contributed by atoms with E-state index in [2.05, 4.69) is 54.4 Å². The van der Waals surface area contributed by atoms with Crippen molar-refractivity contribution in [1.29, 1.82) is 0 Å². The molecule has 1 N–H and O–H groups in total. The van der Waals surface area contributed by atoms with Crippen LogP contribution in [0.5, 0.6) is 0 Å². The zero-order chi connectivity index (χ0) is 13.5. The van der Waals surface area contributed by atoms with Gasteiger partial charge in [0.1, 0.15) is 0 Å². The fourth-order valence-electron chi connectivity index (χ4n) is 3.12. The molecule has 1 unspecified atom stereocenters. The first-order valence-electron chi connectivity index (χ1n) is 7.81. The van der Waals surface area contributed by atoms with E-state index in [1.165, 1.54) is 51.0 Å². The van der Waals surface area contributed by atoms with Crippen LogP contribution in [-0.2, 0) is 0 Å². The summed E-state index contributed by atoms with van der Waals surface area (Å²) in [6, 6.07) is 11.7. The van der Waals surface area contributed by atoms with E-state index >= 15 is 0 Å². The number of nitrogens with one attached hydrogen (secondary N) is 1. The molecule has 1 atom stereocenters. The highest BCUT2D eigenvalue weighted by Crippen LogP contribution is 2.20. The molecule has 1 fully saturated rings. The normalized spacial score (nSPS) is 18.7. The molecular weight excluding hydrogens is 232 g/mol. The summed E-state index contributed by atoms with van der Waals surface area (Å²) in [7, 11) is 0. The summed E-state index contributed by atoms with van der Waals surface area (Å²) in [6.45, 7) is 9.46. The summed E-state index contributed by atoms with van der Waals surface area (Å²) >= 11 is 0. The number of rotatable bonds is 6. The summed E-state index contributed by atoms with van der Waals surface area (Å²) in [6.07, 6.45) is 3.87. The standard InChI is InChI=1S/C17H28N2/c1-3-13-19(17-9-11-18-12-10-17)14-15(2)16-7-5-4-6-8-16/h4-8,15,17-18H,3,9-14H2,1-2H3. The average Bonchev–Trinajstić information content (AvgIpc) is 2.48. The maximum Gasteiger partial charge on any atom is 0.0120 e. The highest BCUT2D eigenvalue weighted by Gasteiger charge is 2.22. The molecule has 19 heavy (non-hydrogen) atoms. The Morgan fingerprint density at radius 3 is 2.53 bits per heavy atom. The Morgan fingerprint density at radius 2 is 1.89 bits per heavy atom. The van der Waals surface area contributed by atoms with Gasteiger partial charge in [-0.05, 0) is 50.4 Å². The van der Waals surface area contributed by atoms with E-state index in [0.717, 1.165) is 6.04 Å². The van der Waals surface area contributed by atoms with Crippen molar-refractivity contribution in [3.8, 4) is 0 Å². The zero-order valence-electron chi connectivity index (χ0n) is 12.4. The first-order chi connectivity index (χ1) is 9.31. The minimum Gasteiger partial charge on any atom is -0.317 e. The third-order valence-corrected chi connectivity index (χ3v) is 4.21. The van der Waals surface area contributed by atoms with E-state index in [-0.39, 0.29) is 0 Å². The smallest absolute Gasteiger partial charge is 0.0120 e. The lowest BCUT2D eigenvalue weighted by atomic mass is 9.97. The molecule has 0 amide bonds. The van der Waals surface area contributed by atoms with Gasteiger partial charge in [0.05, 0.1) is 0 Å². The molecule has 0 aliphatic carbocycles. The second-order valence-corrected chi connectivity index (χ2v) is 5.79. The van der Waals surface area contributed by atoms with Crippen LogP contribution in [0, 0.1) is 0 Å². The van der Waals surface area contributed by atoms with Gasteiger partial charge in [-0.3, -0.25) is 4.90 Å². The minimum atomic E-state index is 0.627. The lowest BCUT2D eigenvalue weighted by Crippen LogP contribution is -2.44. The Bertz CT molecular complexity index is 344. The molecule has 106 valence electrons. The second kappa shape index (κ2) is 7.66. The Morgan fingerprint density at radius 1 is 1.21 bits per heavy atom. The van der Waals surface area contributed by atoms with Gasteiger partial charge in [-0.25, -0.2) is 0 Å². The van der Waals surface area contributed by atoms with E-state index in [1.807, 2.05) is 0 Å². The van der Waals surface area contributed by atoms with Gasteiger partial charge in [-0.1, -0.05) is 44.2 Å². The van der Waals surface area contributed by atoms with E-state index in [9.17, 15) is 0 Å². The van der Waals surface area contributed by atoms with Gasteiger partial charge >= 0.3 is 0 Å². The van der Waals surface area contributed by atoms with Crippen molar-refractivity contribution in [1.82, 2.24) is 10.2 Å². The van der Waals surface area contributed by atoms with Crippen LogP contribution in [0.25, 0.3) is 0 Å². The lowest BCUT2D eigenvalue weighted by molar-refractivity contribution is 0.155. The average molecular weight is 260 g/mol. The van der Waals surface area contributed by atoms with Crippen LogP contribution in [0.4, 0.5) is 0 Å². The Balaban J connectivity index is 1.95. The molecule has 0 radical (unpaired) electrons. The third kappa shape index (κ3) is 4.32. The van der Waals surface area contributed by atoms with Crippen LogP contribution < -0.4 is 5.32 Å². The van der Waals surface area contributed by atoms with Crippen molar-refractivity contribution in [3.05, 3.63) is 35.9 Å². The maximum absolute atomic E-state index is 3.47. The zero-order valence-corrected chi connectivity index (χ0v) is 12.4. The molecule has 0 saturated carbocycles. The molecule has 1 aromatic rings. The van der Waals surface area contributed by atoms with Crippen LogP contribution >= 0.6 is 0 Å². The van der Waals surface area contributed by atoms with Gasteiger partial charge in [0, 0.05) is 12.6 Å². The third-order valence-electron chi connectivity index (χ3n) is 4.21. The Labute approximate surface area is 118 Å². The van der Waals surface area contributed by atoms with Crippen LogP contribution in [0.1, 0.15) is 44.6 Å². The number of nitrogens with zero attached hydrogens (tertiary/aromatic N) is 1. The molecule has 2 nitrogen and oxygen atoms in total. The molecule has 0 bridgehead atoms. The van der Waals surface area contributed by atoms with Crippen LogP contribution in [0.15, 0.2) is 30.3 Å². The molecule has 1 saturated heterocycles. The molecule has 2 rings (SSSR count). The van der Waals surface area contributed by atoms with Crippen molar-refractivity contribution < 1.29 is 0 Å². The fraction of sp³-hybridized carbons (Fsp3) is 0.647. The van der Waals surface area contributed by atoms with Crippen molar-refractivity contribution >= 4 is 0 Å². The number of benzene rings is 1. The highest BCUT2D eigenvalue weighted by atomic mass is 15.2. The summed E-state index contributed by atoms with van der Waals surface area (Å²) in [5.41, 5.74) is 1.47. The first-order valence-corrected chi connectivity index (χ1v) is 7.81. The van der Waals surface area contributed by atoms with Crippen molar-refractivity contribution in [2.45, 2.75) is 45.1 Å². The van der Waals surface area contributed by atoms with Gasteiger partial charge in [-0.15, -0.1) is 0 Å². The van der Waals surface area contributed by atoms with Crippen LogP contribution in [-0.4, -0.2) is 37.1 Å². The summed E-state index contributed by atoms with van der Waals surface area (Å²) < 4.78 is 0. The predicted molar refractivity (Wildman–Crippen MR) is 82.6 cm³/mol. The van der Waals surface area contributed by atoms with Gasteiger partial charge in [0.25, 0.3) is 0 Å². The molecule has 1 heterocycles. The molecular formula is C17H28N2. The maximum atomic E-state index is 3.47. The fourth-order valence-corrected chi connectivity index (χ4v) is 3.12. The summed E-state index contributed by atoms with van der Waals surface area (Å²) in [5.74, 6) is 0.627. The number of hydrogen-bond donors (Lipinski definition) is 1. The highest BCUT2D eigenvalue weighted by molar-refractivity contribution is 5.19. The summed E-state index contributed by atoms with van der Waals surface area (Å²) in [5, 5.41) is 3.47. The van der Waals surface area contributed by atoms with Crippen molar-refractivity contribution in [2.75, 3.05) is 26.2 Å². The van der Waals surface area contributed by atoms with Gasteiger partial charge < -0.3 is 5.32 Å². The van der Waals surface area contributed by atoms with E-state index in [4.69, 9.17) is 0 Å². The van der Waals surface area contributed by atoms with Crippen molar-refractivity contribution in [2.24, 2.45) is 0 Å². The molecule has 1 aliphatic rings. The number of hydrogen-bond acceptors (Lipinski definition) is 2. The van der Waals surface area contributed by atoms with E-state index < -0.39 is 0 Å². The van der Waals surface area contributed by atoms with Gasteiger partial charge in [-0.2, -0.15) is 0 Å². The van der Waals surface area contributed by atoms with Gasteiger partial charge in [0.15, 0.2) is 0 Å². The molecule has 2 heteroatoms. The lowest BCUT2D eigenvalue weighted by Gasteiger charge is -2.36. The van der Waals surface area contributed by atoms with E-state index in [0.29, 0.717) is 5.92 Å². The topological polar surface area (TPSA) is 15.3 Å². The van der Waals surface area contributed by atoms with Crippen LogP contribution in [0.3, 0.4) is 0 Å². The quantitative estimate of drug-likeness (QED) is 0.844. The van der Waals surface area contributed by atoms with Crippen molar-refractivity contribution in [3.63, 3.8) is 0 Å². The monoisotopic (exact) mass is 260 g/mol. The van der Waals surface area contributed by atoms with E-state index in [1.54, 1.807) is 0 Å². The SMILES string of the molecule is CCCN(CC(C)c1ccccc1)C1CCNCC1. The molecule has 0 aromatic heterocycles. The van der Waals surface area contributed by atoms with Crippen LogP contribution in [0.2, 0.25) is 0 Å².